The van der Waals surface area contributed by atoms with Crippen molar-refractivity contribution in [3.05, 3.63) is 58.0 Å². The molecule has 0 radical (unpaired) electrons. The average Bonchev–Trinajstić information content (AvgIpc) is 2.78. The minimum atomic E-state index is -5.08. The van der Waals surface area contributed by atoms with Crippen LogP contribution in [-0.2, 0) is 31.0 Å². The number of anilines is 1. The molecule has 0 spiro atoms. The Hall–Kier alpha value is -4.12. The summed E-state index contributed by atoms with van der Waals surface area (Å²) in [4.78, 5) is 38.6. The molecule has 0 saturated carbocycles. The first-order valence-electron chi connectivity index (χ1n) is 10.1. The number of hydrogen-bond acceptors (Lipinski definition) is 7. The van der Waals surface area contributed by atoms with E-state index < -0.39 is 33.6 Å². The lowest BCUT2D eigenvalue weighted by molar-refractivity contribution is -0.192. The van der Waals surface area contributed by atoms with Crippen LogP contribution in [0.5, 0.6) is 0 Å². The number of rotatable bonds is 9. The number of aromatic nitrogens is 1. The third-order valence-corrected chi connectivity index (χ3v) is 5.55. The number of aryl methyl sites for hydroxylation is 2. The molecule has 13 nitrogen and oxygen atoms in total. The number of guanidine groups is 1. The number of nitrogens with one attached hydrogen (secondary N) is 4. The van der Waals surface area contributed by atoms with E-state index in [1.54, 1.807) is 32.0 Å². The molecule has 37 heavy (non-hydrogen) atoms. The van der Waals surface area contributed by atoms with E-state index in [9.17, 15) is 31.2 Å². The Morgan fingerprint density at radius 2 is 1.81 bits per heavy atom. The number of hydroxylamine groups is 1. The molecule has 1 aromatic carbocycles. The lowest BCUT2D eigenvalue weighted by Crippen LogP contribution is -2.37. The van der Waals surface area contributed by atoms with Gasteiger partial charge in [0.2, 0.25) is 11.9 Å². The second-order valence-electron chi connectivity index (χ2n) is 7.22. The minimum Gasteiger partial charge on any atom is -0.475 e. The van der Waals surface area contributed by atoms with E-state index >= 15 is 0 Å². The Balaban J connectivity index is 0.000000856. The summed E-state index contributed by atoms with van der Waals surface area (Å²) in [7, 11) is -3.96. The molecule has 2 rings (SSSR count). The summed E-state index contributed by atoms with van der Waals surface area (Å²) in [5.74, 6) is -3.59. The van der Waals surface area contributed by atoms with Crippen molar-refractivity contribution in [1.82, 2.24) is 15.4 Å². The molecule has 17 heteroatoms. The van der Waals surface area contributed by atoms with Crippen molar-refractivity contribution in [2.24, 2.45) is 5.73 Å². The highest BCUT2D eigenvalue weighted by Gasteiger charge is 2.38. The van der Waals surface area contributed by atoms with Gasteiger partial charge in [0.15, 0.2) is 0 Å². The Bertz CT molecular complexity index is 1300. The zero-order chi connectivity index (χ0) is 28.4. The summed E-state index contributed by atoms with van der Waals surface area (Å²) in [6.45, 7) is 3.26. The predicted molar refractivity (Wildman–Crippen MR) is 125 cm³/mol. The number of carbonyl (C=O) groups excluding carboxylic acids is 1. The molecule has 2 aromatic rings. The highest BCUT2D eigenvalue weighted by atomic mass is 32.2. The predicted octanol–water partition coefficient (Wildman–Crippen LogP) is 0.430. The number of carbonyl (C=O) groups is 2. The smallest absolute Gasteiger partial charge is 0.475 e. The summed E-state index contributed by atoms with van der Waals surface area (Å²) >= 11 is 0. The molecule has 0 aliphatic heterocycles. The zero-order valence-electron chi connectivity index (χ0n) is 19.5. The number of sulfonamides is 1. The van der Waals surface area contributed by atoms with E-state index in [4.69, 9.17) is 25.9 Å². The lowest BCUT2D eigenvalue weighted by atomic mass is 10.2. The Morgan fingerprint density at radius 3 is 2.35 bits per heavy atom. The first-order chi connectivity index (χ1) is 17.0. The van der Waals surface area contributed by atoms with Crippen LogP contribution >= 0.6 is 0 Å². The number of halogens is 3. The Morgan fingerprint density at radius 1 is 1.19 bits per heavy atom. The standard InChI is InChI=1S/C18H24N6O5S.C2HF3O2/c1-12-4-3-5-14(10-12)30(27,28)23-15-7-6-13(2)24(17(15)26)11-16(25)21-8-9-29-22-18(19)20;3-2(4,5)1(6)7/h3-7,10,23H,8-9,11H2,1-2H3,(H,21,25)(H4,19,20,22);(H,6,7). The number of pyridine rings is 1. The monoisotopic (exact) mass is 550 g/mol. The minimum absolute atomic E-state index is 0.0333. The van der Waals surface area contributed by atoms with Crippen molar-refractivity contribution in [2.75, 3.05) is 17.9 Å². The summed E-state index contributed by atoms with van der Waals surface area (Å²) in [5.41, 5.74) is 7.61. The lowest BCUT2D eigenvalue weighted by Gasteiger charge is -2.14. The van der Waals surface area contributed by atoms with Gasteiger partial charge in [0.25, 0.3) is 15.6 Å². The molecule has 0 unspecified atom stereocenters. The van der Waals surface area contributed by atoms with E-state index in [2.05, 4.69) is 15.5 Å². The molecule has 1 aromatic heterocycles. The first kappa shape index (κ1) is 30.9. The van der Waals surface area contributed by atoms with Crippen LogP contribution in [-0.4, -0.2) is 55.3 Å². The normalized spacial score (nSPS) is 11.1. The maximum atomic E-state index is 12.7. The summed E-state index contributed by atoms with van der Waals surface area (Å²) in [6, 6.07) is 9.20. The number of carboxylic acid groups (broad SMARTS) is 1. The number of hydrogen-bond donors (Lipinski definition) is 6. The molecule has 0 bridgehead atoms. The Kier molecular flexibility index (Phi) is 11.1. The second-order valence-corrected chi connectivity index (χ2v) is 8.90. The molecule has 1 amide bonds. The van der Waals surface area contributed by atoms with Crippen LogP contribution in [0.15, 0.2) is 46.1 Å². The highest BCUT2D eigenvalue weighted by molar-refractivity contribution is 7.92. The molecule has 0 atom stereocenters. The topological polar surface area (TPSA) is 206 Å². The van der Waals surface area contributed by atoms with Gasteiger partial charge in [-0.2, -0.15) is 13.2 Å². The number of carboxylic acids is 1. The van der Waals surface area contributed by atoms with Gasteiger partial charge in [0, 0.05) is 12.2 Å². The molecule has 1 heterocycles. The number of nitrogens with two attached hydrogens (primary N) is 1. The van der Waals surface area contributed by atoms with Crippen molar-refractivity contribution in [3.8, 4) is 0 Å². The van der Waals surface area contributed by atoms with Crippen molar-refractivity contribution >= 4 is 33.5 Å². The maximum absolute atomic E-state index is 12.7. The molecule has 0 aliphatic rings. The Labute approximate surface area is 208 Å². The van der Waals surface area contributed by atoms with Gasteiger partial charge in [-0.05, 0) is 43.7 Å². The van der Waals surface area contributed by atoms with Gasteiger partial charge in [0.05, 0.1) is 11.5 Å². The van der Waals surface area contributed by atoms with Gasteiger partial charge in [-0.15, -0.1) is 0 Å². The van der Waals surface area contributed by atoms with Crippen molar-refractivity contribution in [3.63, 3.8) is 0 Å². The van der Waals surface area contributed by atoms with Gasteiger partial charge in [-0.1, -0.05) is 12.1 Å². The first-order valence-corrected chi connectivity index (χ1v) is 11.6. The van der Waals surface area contributed by atoms with E-state index in [0.717, 1.165) is 10.1 Å². The molecular weight excluding hydrogens is 525 g/mol. The number of benzene rings is 1. The molecule has 0 saturated heterocycles. The fourth-order valence-electron chi connectivity index (χ4n) is 2.50. The van der Waals surface area contributed by atoms with E-state index in [1.807, 2.05) is 0 Å². The summed E-state index contributed by atoms with van der Waals surface area (Å²) in [6.07, 6.45) is -5.08. The van der Waals surface area contributed by atoms with Gasteiger partial charge in [0.1, 0.15) is 12.2 Å². The van der Waals surface area contributed by atoms with Crippen molar-refractivity contribution < 1.29 is 41.1 Å². The summed E-state index contributed by atoms with van der Waals surface area (Å²) < 4.78 is 60.4. The SMILES string of the molecule is Cc1cccc(S(=O)(=O)Nc2ccc(C)n(CC(=O)NCCONC(=N)N)c2=O)c1.O=C(O)C(F)(F)F. The van der Waals surface area contributed by atoms with Crippen LogP contribution in [0, 0.1) is 19.3 Å². The largest absolute Gasteiger partial charge is 0.490 e. The molecule has 7 N–H and O–H groups in total. The van der Waals surface area contributed by atoms with E-state index in [-0.39, 0.29) is 36.2 Å². The molecule has 204 valence electrons. The number of aliphatic carboxylic acids is 1. The maximum Gasteiger partial charge on any atom is 0.490 e. The number of amides is 1. The van der Waals surface area contributed by atoms with Crippen molar-refractivity contribution in [2.45, 2.75) is 31.5 Å². The molecule has 0 fully saturated rings. The van der Waals surface area contributed by atoms with Crippen LogP contribution < -0.4 is 26.8 Å². The van der Waals surface area contributed by atoms with Gasteiger partial charge >= 0.3 is 12.1 Å². The van der Waals surface area contributed by atoms with Crippen LogP contribution in [0.1, 0.15) is 11.3 Å². The van der Waals surface area contributed by atoms with Crippen molar-refractivity contribution in [1.29, 1.82) is 5.41 Å². The van der Waals surface area contributed by atoms with Crippen LogP contribution in [0.25, 0.3) is 0 Å². The molecular formula is C20H25F3N6O7S. The molecule has 0 aliphatic carbocycles. The van der Waals surface area contributed by atoms with Crippen LogP contribution in [0.4, 0.5) is 18.9 Å². The van der Waals surface area contributed by atoms with E-state index in [1.165, 1.54) is 18.2 Å². The zero-order valence-corrected chi connectivity index (χ0v) is 20.4. The van der Waals surface area contributed by atoms with E-state index in [0.29, 0.717) is 5.69 Å². The average molecular weight is 551 g/mol. The fraction of sp³-hybridized carbons (Fsp3) is 0.300. The third-order valence-electron chi connectivity index (χ3n) is 4.19. The van der Waals surface area contributed by atoms with Gasteiger partial charge in [-0.25, -0.2) is 18.7 Å². The van der Waals surface area contributed by atoms with Crippen LogP contribution in [0.2, 0.25) is 0 Å². The third kappa shape index (κ3) is 10.6. The number of alkyl halides is 3. The van der Waals surface area contributed by atoms with Gasteiger partial charge < -0.3 is 20.7 Å². The second kappa shape index (κ2) is 13.3. The van der Waals surface area contributed by atoms with Gasteiger partial charge in [-0.3, -0.25) is 24.6 Å². The fourth-order valence-corrected chi connectivity index (χ4v) is 3.66. The quantitative estimate of drug-likeness (QED) is 0.111. The summed E-state index contributed by atoms with van der Waals surface area (Å²) in [5, 5.41) is 16.6. The van der Waals surface area contributed by atoms with Crippen LogP contribution in [0.3, 0.4) is 0 Å². The highest BCUT2D eigenvalue weighted by Crippen LogP contribution is 2.15. The number of nitrogens with zero attached hydrogens (tertiary/aromatic N) is 1.